The van der Waals surface area contributed by atoms with Gasteiger partial charge in [-0.15, -0.1) is 10.2 Å². The summed E-state index contributed by atoms with van der Waals surface area (Å²) < 4.78 is 4.98. The van der Waals surface area contributed by atoms with Crippen LogP contribution in [0.15, 0.2) is 64.2 Å². The second-order valence-electron chi connectivity index (χ2n) is 5.21. The summed E-state index contributed by atoms with van der Waals surface area (Å²) in [5, 5.41) is 21.6. The summed E-state index contributed by atoms with van der Waals surface area (Å²) in [4.78, 5) is 34.2. The van der Waals surface area contributed by atoms with Crippen LogP contribution in [-0.4, -0.2) is 32.6 Å². The van der Waals surface area contributed by atoms with Crippen molar-refractivity contribution in [3.8, 4) is 0 Å². The number of non-ortho nitro benzene ring substituents is 1. The van der Waals surface area contributed by atoms with Crippen LogP contribution in [0.4, 0.5) is 11.5 Å². The Hall–Kier alpha value is -3.53. The molecular formula is C17H12N4O5S. The molecule has 2 aromatic heterocycles. The molecule has 0 aliphatic heterocycles. The Balaban J connectivity index is 1.57. The first-order valence-corrected chi connectivity index (χ1v) is 8.60. The van der Waals surface area contributed by atoms with E-state index in [2.05, 4.69) is 15.5 Å². The van der Waals surface area contributed by atoms with Gasteiger partial charge < -0.3 is 9.73 Å². The number of anilines is 1. The number of thioether (sulfide) groups is 1. The SMILES string of the molecule is O=C(CSc1ccc(NC(=O)c2ccco2)nn1)c1cccc([N+](=O)[O-])c1. The number of furan rings is 1. The smallest absolute Gasteiger partial charge is 0.292 e. The first-order chi connectivity index (χ1) is 13.0. The summed E-state index contributed by atoms with van der Waals surface area (Å²) in [6.45, 7) is 0. The second kappa shape index (κ2) is 8.23. The summed E-state index contributed by atoms with van der Waals surface area (Å²) in [6.07, 6.45) is 1.39. The third-order valence-corrected chi connectivity index (χ3v) is 4.28. The first-order valence-electron chi connectivity index (χ1n) is 7.62. The molecule has 0 unspecified atom stereocenters. The number of nitro benzene ring substituents is 1. The quantitative estimate of drug-likeness (QED) is 0.285. The minimum absolute atomic E-state index is 0.0496. The molecule has 2 heterocycles. The Bertz CT molecular complexity index is 973. The lowest BCUT2D eigenvalue weighted by Crippen LogP contribution is -2.12. The van der Waals surface area contributed by atoms with E-state index < -0.39 is 10.8 Å². The predicted molar refractivity (Wildman–Crippen MR) is 96.8 cm³/mol. The van der Waals surface area contributed by atoms with E-state index >= 15 is 0 Å². The summed E-state index contributed by atoms with van der Waals surface area (Å²) in [6, 6.07) is 11.8. The monoisotopic (exact) mass is 384 g/mol. The van der Waals surface area contributed by atoms with E-state index in [0.717, 1.165) is 11.8 Å². The highest BCUT2D eigenvalue weighted by molar-refractivity contribution is 7.99. The van der Waals surface area contributed by atoms with Crippen molar-refractivity contribution in [3.05, 3.63) is 76.2 Å². The summed E-state index contributed by atoms with van der Waals surface area (Å²) >= 11 is 1.14. The standard InChI is InChI=1S/C17H12N4O5S/c22-13(11-3-1-4-12(9-11)21(24)25)10-27-16-7-6-15(19-20-16)18-17(23)14-5-2-8-26-14/h1-9H,10H2,(H,18,19,23). The number of nitrogens with zero attached hydrogens (tertiary/aromatic N) is 3. The van der Waals surface area contributed by atoms with E-state index in [4.69, 9.17) is 4.42 Å². The van der Waals surface area contributed by atoms with Crippen LogP contribution in [-0.2, 0) is 0 Å². The van der Waals surface area contributed by atoms with Crippen LogP contribution >= 0.6 is 11.8 Å². The summed E-state index contributed by atoms with van der Waals surface area (Å²) in [7, 11) is 0. The van der Waals surface area contributed by atoms with E-state index in [-0.39, 0.29) is 34.4 Å². The number of aromatic nitrogens is 2. The van der Waals surface area contributed by atoms with Gasteiger partial charge in [-0.25, -0.2) is 0 Å². The zero-order valence-electron chi connectivity index (χ0n) is 13.7. The van der Waals surface area contributed by atoms with Gasteiger partial charge in [-0.2, -0.15) is 0 Å². The molecule has 10 heteroatoms. The van der Waals surface area contributed by atoms with Gasteiger partial charge in [0.2, 0.25) is 0 Å². The number of carbonyl (C=O) groups is 2. The molecular weight excluding hydrogens is 372 g/mol. The molecule has 1 amide bonds. The van der Waals surface area contributed by atoms with Crippen LogP contribution in [0.2, 0.25) is 0 Å². The van der Waals surface area contributed by atoms with E-state index in [9.17, 15) is 19.7 Å². The number of Topliss-reactive ketones (excluding diaryl/α,β-unsaturated/α-hetero) is 1. The lowest BCUT2D eigenvalue weighted by molar-refractivity contribution is -0.384. The van der Waals surface area contributed by atoms with Crippen molar-refractivity contribution in [2.24, 2.45) is 0 Å². The van der Waals surface area contributed by atoms with Crippen LogP contribution in [0.5, 0.6) is 0 Å². The largest absolute Gasteiger partial charge is 0.459 e. The molecule has 0 aliphatic rings. The van der Waals surface area contributed by atoms with E-state index in [0.29, 0.717) is 5.03 Å². The number of nitrogens with one attached hydrogen (secondary N) is 1. The highest BCUT2D eigenvalue weighted by Crippen LogP contribution is 2.19. The van der Waals surface area contributed by atoms with Crippen molar-refractivity contribution in [2.45, 2.75) is 5.03 Å². The number of ketones is 1. The van der Waals surface area contributed by atoms with Crippen molar-refractivity contribution in [3.63, 3.8) is 0 Å². The van der Waals surface area contributed by atoms with Gasteiger partial charge in [0.05, 0.1) is 16.9 Å². The maximum absolute atomic E-state index is 12.2. The maximum Gasteiger partial charge on any atom is 0.292 e. The molecule has 3 aromatic rings. The topological polar surface area (TPSA) is 128 Å². The van der Waals surface area contributed by atoms with Gasteiger partial charge in [0, 0.05) is 17.7 Å². The molecule has 0 spiro atoms. The van der Waals surface area contributed by atoms with Crippen molar-refractivity contribution in [1.29, 1.82) is 0 Å². The predicted octanol–water partition coefficient (Wildman–Crippen LogP) is 3.21. The second-order valence-corrected chi connectivity index (χ2v) is 6.20. The van der Waals surface area contributed by atoms with E-state index in [1.165, 1.54) is 36.6 Å². The van der Waals surface area contributed by atoms with Crippen LogP contribution in [0.25, 0.3) is 0 Å². The molecule has 0 atom stereocenters. The molecule has 9 nitrogen and oxygen atoms in total. The minimum atomic E-state index is -0.550. The van der Waals surface area contributed by atoms with Gasteiger partial charge in [-0.05, 0) is 24.3 Å². The van der Waals surface area contributed by atoms with Crippen LogP contribution in [0, 0.1) is 10.1 Å². The Morgan fingerprint density at radius 1 is 1.15 bits per heavy atom. The number of nitro groups is 1. The summed E-state index contributed by atoms with van der Waals surface area (Å²) in [5.41, 5.74) is 0.120. The van der Waals surface area contributed by atoms with Crippen molar-refractivity contribution >= 4 is 35.0 Å². The molecule has 27 heavy (non-hydrogen) atoms. The lowest BCUT2D eigenvalue weighted by atomic mass is 10.1. The van der Waals surface area contributed by atoms with Gasteiger partial charge >= 0.3 is 0 Å². The molecule has 136 valence electrons. The number of hydrogen-bond acceptors (Lipinski definition) is 8. The first kappa shape index (κ1) is 18.3. The fraction of sp³-hybridized carbons (Fsp3) is 0.0588. The highest BCUT2D eigenvalue weighted by atomic mass is 32.2. The van der Waals surface area contributed by atoms with Crippen molar-refractivity contribution in [2.75, 3.05) is 11.1 Å². The number of rotatable bonds is 7. The van der Waals surface area contributed by atoms with Crippen molar-refractivity contribution in [1.82, 2.24) is 10.2 Å². The summed E-state index contributed by atoms with van der Waals surface area (Å²) in [5.74, 6) is -0.270. The van der Waals surface area contributed by atoms with Crippen LogP contribution in [0.1, 0.15) is 20.9 Å². The maximum atomic E-state index is 12.2. The van der Waals surface area contributed by atoms with E-state index in [1.807, 2.05) is 0 Å². The number of benzene rings is 1. The Morgan fingerprint density at radius 3 is 2.67 bits per heavy atom. The molecule has 1 aromatic carbocycles. The molecule has 0 bridgehead atoms. The fourth-order valence-corrected chi connectivity index (χ4v) is 2.77. The molecule has 0 saturated heterocycles. The average Bonchev–Trinajstić information content (AvgIpc) is 3.22. The minimum Gasteiger partial charge on any atom is -0.459 e. The van der Waals surface area contributed by atoms with Gasteiger partial charge in [0.15, 0.2) is 17.4 Å². The van der Waals surface area contributed by atoms with Gasteiger partial charge in [0.25, 0.3) is 11.6 Å². The van der Waals surface area contributed by atoms with Gasteiger partial charge in [-0.3, -0.25) is 19.7 Å². The Morgan fingerprint density at radius 2 is 2.00 bits per heavy atom. The fourth-order valence-electron chi connectivity index (χ4n) is 2.07. The normalized spacial score (nSPS) is 10.4. The molecule has 1 N–H and O–H groups in total. The molecule has 0 aliphatic carbocycles. The number of hydrogen-bond donors (Lipinski definition) is 1. The molecule has 0 fully saturated rings. The van der Waals surface area contributed by atoms with Crippen LogP contribution < -0.4 is 5.32 Å². The van der Waals surface area contributed by atoms with Gasteiger partial charge in [0.1, 0.15) is 5.03 Å². The van der Waals surface area contributed by atoms with E-state index in [1.54, 1.807) is 18.2 Å². The zero-order chi connectivity index (χ0) is 19.2. The molecule has 0 radical (unpaired) electrons. The Kier molecular flexibility index (Phi) is 5.57. The lowest BCUT2D eigenvalue weighted by Gasteiger charge is -2.03. The van der Waals surface area contributed by atoms with Crippen molar-refractivity contribution < 1.29 is 18.9 Å². The number of carbonyl (C=O) groups excluding carboxylic acids is 2. The number of amides is 1. The third-order valence-electron chi connectivity index (χ3n) is 3.36. The molecule has 0 saturated carbocycles. The van der Waals surface area contributed by atoms with Crippen LogP contribution in [0.3, 0.4) is 0 Å². The highest BCUT2D eigenvalue weighted by Gasteiger charge is 2.13. The average molecular weight is 384 g/mol. The zero-order valence-corrected chi connectivity index (χ0v) is 14.5. The third kappa shape index (κ3) is 4.76. The Labute approximate surface area is 156 Å². The molecule has 3 rings (SSSR count). The van der Waals surface area contributed by atoms with Gasteiger partial charge in [-0.1, -0.05) is 23.9 Å².